The molecule has 0 heterocycles. The van der Waals surface area contributed by atoms with Crippen molar-refractivity contribution < 1.29 is 8.78 Å². The van der Waals surface area contributed by atoms with Gasteiger partial charge in [0.05, 0.1) is 0 Å². The van der Waals surface area contributed by atoms with Gasteiger partial charge in [0.1, 0.15) is 0 Å². The molecular weight excluding hydrogens is 268 g/mol. The Kier molecular flexibility index (Phi) is 5.37. The van der Waals surface area contributed by atoms with Gasteiger partial charge < -0.3 is 5.32 Å². The first-order valence-corrected chi connectivity index (χ1v) is 8.12. The summed E-state index contributed by atoms with van der Waals surface area (Å²) >= 11 is 0. The van der Waals surface area contributed by atoms with Crippen molar-refractivity contribution in [3.8, 4) is 0 Å². The Hall–Kier alpha value is -0.960. The zero-order valence-electron chi connectivity index (χ0n) is 13.4. The summed E-state index contributed by atoms with van der Waals surface area (Å²) in [5, 5.41) is 3.57. The lowest BCUT2D eigenvalue weighted by Crippen LogP contribution is -2.42. The summed E-state index contributed by atoms with van der Waals surface area (Å²) < 4.78 is 27.4. The van der Waals surface area contributed by atoms with E-state index in [0.717, 1.165) is 13.0 Å². The van der Waals surface area contributed by atoms with E-state index in [4.69, 9.17) is 0 Å². The quantitative estimate of drug-likeness (QED) is 0.802. The number of hydrogen-bond donors (Lipinski definition) is 1. The molecule has 0 saturated heterocycles. The second-order valence-electron chi connectivity index (χ2n) is 6.96. The third kappa shape index (κ3) is 3.82. The largest absolute Gasteiger partial charge is 0.313 e. The molecule has 2 unspecified atom stereocenters. The summed E-state index contributed by atoms with van der Waals surface area (Å²) in [6.07, 6.45) is 5.24. The number of halogens is 2. The van der Waals surface area contributed by atoms with Crippen molar-refractivity contribution >= 4 is 0 Å². The van der Waals surface area contributed by atoms with E-state index < -0.39 is 11.6 Å². The van der Waals surface area contributed by atoms with Gasteiger partial charge in [-0.05, 0) is 55.2 Å². The van der Waals surface area contributed by atoms with Crippen LogP contribution in [0.4, 0.5) is 8.78 Å². The smallest absolute Gasteiger partial charge is 0.162 e. The summed E-state index contributed by atoms with van der Waals surface area (Å²) in [5.74, 6) is -0.907. The first-order valence-electron chi connectivity index (χ1n) is 8.12. The minimum Gasteiger partial charge on any atom is -0.313 e. The normalized spacial score (nSPS) is 22.4. The Morgan fingerprint density at radius 1 is 1.33 bits per heavy atom. The molecule has 2 atom stereocenters. The van der Waals surface area contributed by atoms with Gasteiger partial charge in [-0.2, -0.15) is 0 Å². The molecule has 1 aromatic carbocycles. The van der Waals surface area contributed by atoms with Crippen LogP contribution in [0.3, 0.4) is 0 Å². The molecule has 0 radical (unpaired) electrons. The van der Waals surface area contributed by atoms with Crippen molar-refractivity contribution in [3.63, 3.8) is 0 Å². The van der Waals surface area contributed by atoms with Crippen LogP contribution in [0.15, 0.2) is 18.2 Å². The summed E-state index contributed by atoms with van der Waals surface area (Å²) in [4.78, 5) is 0. The summed E-state index contributed by atoms with van der Waals surface area (Å²) in [6, 6.07) is 4.72. The van der Waals surface area contributed by atoms with E-state index in [1.54, 1.807) is 12.1 Å². The zero-order valence-corrected chi connectivity index (χ0v) is 13.4. The number of benzene rings is 1. The maximum absolute atomic E-state index is 14.0. The van der Waals surface area contributed by atoms with Crippen LogP contribution in [0.1, 0.15) is 52.0 Å². The fraction of sp³-hybridized carbons (Fsp3) is 0.667. The fourth-order valence-electron chi connectivity index (χ4n) is 3.73. The maximum Gasteiger partial charge on any atom is 0.162 e. The van der Waals surface area contributed by atoms with Crippen LogP contribution in [0, 0.1) is 23.0 Å². The lowest BCUT2D eigenvalue weighted by atomic mass is 9.75. The highest BCUT2D eigenvalue weighted by molar-refractivity contribution is 5.20. The molecule has 0 aromatic heterocycles. The minimum atomic E-state index is -0.743. The monoisotopic (exact) mass is 295 g/mol. The van der Waals surface area contributed by atoms with E-state index in [2.05, 4.69) is 26.1 Å². The van der Waals surface area contributed by atoms with Crippen molar-refractivity contribution in [1.29, 1.82) is 0 Å². The summed E-state index contributed by atoms with van der Waals surface area (Å²) in [6.45, 7) is 7.65. The summed E-state index contributed by atoms with van der Waals surface area (Å²) in [7, 11) is 0. The topological polar surface area (TPSA) is 12.0 Å². The van der Waals surface area contributed by atoms with E-state index >= 15 is 0 Å². The first kappa shape index (κ1) is 16.4. The molecule has 1 N–H and O–H groups in total. The van der Waals surface area contributed by atoms with Crippen LogP contribution in [0.25, 0.3) is 0 Å². The number of hydrogen-bond acceptors (Lipinski definition) is 1. The molecule has 1 aliphatic rings. The minimum absolute atomic E-state index is 0.221. The van der Waals surface area contributed by atoms with E-state index in [1.165, 1.54) is 25.3 Å². The third-order valence-electron chi connectivity index (χ3n) is 4.95. The van der Waals surface area contributed by atoms with E-state index in [9.17, 15) is 8.78 Å². The Bertz CT molecular complexity index is 470. The molecule has 21 heavy (non-hydrogen) atoms. The third-order valence-corrected chi connectivity index (χ3v) is 4.95. The predicted octanol–water partition coefficient (Wildman–Crippen LogP) is 4.70. The molecule has 2 rings (SSSR count). The summed E-state index contributed by atoms with van der Waals surface area (Å²) in [5.41, 5.74) is 0.765. The molecule has 0 spiro atoms. The molecule has 1 aliphatic carbocycles. The average molecular weight is 295 g/mol. The van der Waals surface area contributed by atoms with Gasteiger partial charge in [0.25, 0.3) is 0 Å². The standard InChI is InChI=1S/C18H27F2N/c1-4-11-21-16(14-8-6-10-18(14,2)3)12-13-7-5-9-15(19)17(13)20/h5,7,9,14,16,21H,4,6,8,10-12H2,1-3H3. The Balaban J connectivity index is 2.18. The van der Waals surface area contributed by atoms with Crippen molar-refractivity contribution in [2.24, 2.45) is 11.3 Å². The molecule has 3 heteroatoms. The molecule has 1 nitrogen and oxygen atoms in total. The lowest BCUT2D eigenvalue weighted by Gasteiger charge is -2.35. The van der Waals surface area contributed by atoms with Crippen LogP contribution in [0.2, 0.25) is 0 Å². The van der Waals surface area contributed by atoms with Gasteiger partial charge in [0.2, 0.25) is 0 Å². The van der Waals surface area contributed by atoms with E-state index in [0.29, 0.717) is 17.9 Å². The second-order valence-corrected chi connectivity index (χ2v) is 6.96. The molecule has 0 bridgehead atoms. The highest BCUT2D eigenvalue weighted by Gasteiger charge is 2.39. The maximum atomic E-state index is 14.0. The molecule has 1 aromatic rings. The number of nitrogens with one attached hydrogen (secondary N) is 1. The van der Waals surface area contributed by atoms with Crippen molar-refractivity contribution in [1.82, 2.24) is 5.32 Å². The zero-order chi connectivity index (χ0) is 15.5. The van der Waals surface area contributed by atoms with E-state index in [1.807, 2.05) is 0 Å². The van der Waals surface area contributed by atoms with Crippen molar-refractivity contribution in [3.05, 3.63) is 35.4 Å². The van der Waals surface area contributed by atoms with Crippen LogP contribution < -0.4 is 5.32 Å². The second kappa shape index (κ2) is 6.87. The highest BCUT2D eigenvalue weighted by atomic mass is 19.2. The van der Waals surface area contributed by atoms with Gasteiger partial charge in [-0.3, -0.25) is 0 Å². The fourth-order valence-corrected chi connectivity index (χ4v) is 3.73. The molecular formula is C18H27F2N. The average Bonchev–Trinajstić information content (AvgIpc) is 2.79. The Morgan fingerprint density at radius 2 is 2.10 bits per heavy atom. The Morgan fingerprint density at radius 3 is 2.71 bits per heavy atom. The van der Waals surface area contributed by atoms with Crippen LogP contribution >= 0.6 is 0 Å². The molecule has 118 valence electrons. The van der Waals surface area contributed by atoms with Crippen molar-refractivity contribution in [2.45, 2.75) is 58.9 Å². The van der Waals surface area contributed by atoms with Gasteiger partial charge >= 0.3 is 0 Å². The van der Waals surface area contributed by atoms with Crippen LogP contribution in [-0.2, 0) is 6.42 Å². The van der Waals surface area contributed by atoms with Gasteiger partial charge in [0, 0.05) is 6.04 Å². The predicted molar refractivity (Wildman–Crippen MR) is 83.3 cm³/mol. The van der Waals surface area contributed by atoms with Crippen LogP contribution in [0.5, 0.6) is 0 Å². The van der Waals surface area contributed by atoms with Gasteiger partial charge in [-0.25, -0.2) is 8.78 Å². The molecule has 1 saturated carbocycles. The van der Waals surface area contributed by atoms with Crippen LogP contribution in [-0.4, -0.2) is 12.6 Å². The van der Waals surface area contributed by atoms with Crippen molar-refractivity contribution in [2.75, 3.05) is 6.54 Å². The van der Waals surface area contributed by atoms with Gasteiger partial charge in [-0.1, -0.05) is 39.3 Å². The van der Waals surface area contributed by atoms with Gasteiger partial charge in [0.15, 0.2) is 11.6 Å². The Labute approximate surface area is 127 Å². The van der Waals surface area contributed by atoms with Gasteiger partial charge in [-0.15, -0.1) is 0 Å². The SMILES string of the molecule is CCCNC(Cc1cccc(F)c1F)C1CCCC1(C)C. The van der Waals surface area contributed by atoms with E-state index in [-0.39, 0.29) is 11.5 Å². The molecule has 0 amide bonds. The lowest BCUT2D eigenvalue weighted by molar-refractivity contribution is 0.194. The first-order chi connectivity index (χ1) is 9.95. The number of rotatable bonds is 6. The molecule has 0 aliphatic heterocycles. The molecule has 1 fully saturated rings. The highest BCUT2D eigenvalue weighted by Crippen LogP contribution is 2.45.